The van der Waals surface area contributed by atoms with E-state index in [2.05, 4.69) is 5.32 Å². The first-order valence-electron chi connectivity index (χ1n) is 8.32. The second kappa shape index (κ2) is 6.00. The highest BCUT2D eigenvalue weighted by atomic mass is 35.5. The van der Waals surface area contributed by atoms with Crippen LogP contribution in [0.15, 0.2) is 23.1 Å². The molecule has 3 heterocycles. The highest BCUT2D eigenvalue weighted by Crippen LogP contribution is 2.39. The molecule has 1 amide bonds. The van der Waals surface area contributed by atoms with Gasteiger partial charge in [-0.1, -0.05) is 11.6 Å². The smallest absolute Gasteiger partial charge is 0.242 e. The van der Waals surface area contributed by atoms with Crippen molar-refractivity contribution >= 4 is 33.6 Å². The van der Waals surface area contributed by atoms with Gasteiger partial charge in [-0.05, 0) is 43.5 Å². The van der Waals surface area contributed by atoms with E-state index < -0.39 is 15.4 Å². The van der Waals surface area contributed by atoms with Gasteiger partial charge in [-0.3, -0.25) is 4.79 Å². The molecule has 0 radical (unpaired) electrons. The topological polar surface area (TPSA) is 75.7 Å². The maximum Gasteiger partial charge on any atom is 0.242 e. The molecule has 2 saturated heterocycles. The lowest BCUT2D eigenvalue weighted by Gasteiger charge is -2.38. The van der Waals surface area contributed by atoms with E-state index >= 15 is 0 Å². The molecule has 6 nitrogen and oxygen atoms in total. The Kier molecular flexibility index (Phi) is 4.05. The predicted molar refractivity (Wildman–Crippen MR) is 94.7 cm³/mol. The number of ether oxygens (including phenoxy) is 1. The van der Waals surface area contributed by atoms with Crippen molar-refractivity contribution in [3.05, 3.63) is 33.7 Å². The van der Waals surface area contributed by atoms with Gasteiger partial charge >= 0.3 is 0 Å². The summed E-state index contributed by atoms with van der Waals surface area (Å²) in [4.78, 5) is 12.4. The van der Waals surface area contributed by atoms with Crippen molar-refractivity contribution in [2.75, 3.05) is 26.2 Å². The number of halogens is 1. The normalized spacial score (nSPS) is 26.8. The lowest BCUT2D eigenvalue weighted by atomic mass is 9.79. The maximum atomic E-state index is 13.1. The number of nitrogens with one attached hydrogen (secondary N) is 1. The number of benzene rings is 1. The summed E-state index contributed by atoms with van der Waals surface area (Å²) in [5.41, 5.74) is 0.0745. The molecule has 25 heavy (non-hydrogen) atoms. The van der Waals surface area contributed by atoms with Crippen LogP contribution in [0.3, 0.4) is 0 Å². The zero-order valence-corrected chi connectivity index (χ0v) is 15.2. The van der Waals surface area contributed by atoms with Gasteiger partial charge in [0, 0.05) is 30.2 Å². The number of piperidine rings is 1. The Hall–Kier alpha value is -1.57. The Morgan fingerprint density at radius 1 is 1.28 bits per heavy atom. The molecule has 4 rings (SSSR count). The number of fused-ring (bicyclic) bond motifs is 1. The van der Waals surface area contributed by atoms with Crippen LogP contribution in [0.25, 0.3) is 6.08 Å². The van der Waals surface area contributed by atoms with Crippen LogP contribution in [0, 0.1) is 5.41 Å². The quantitative estimate of drug-likeness (QED) is 0.848. The maximum absolute atomic E-state index is 13.1. The number of carbonyl (C=O) groups is 1. The van der Waals surface area contributed by atoms with E-state index in [-0.39, 0.29) is 24.0 Å². The number of amides is 1. The van der Waals surface area contributed by atoms with Crippen LogP contribution in [0.1, 0.15) is 24.8 Å². The van der Waals surface area contributed by atoms with Gasteiger partial charge in [-0.15, -0.1) is 0 Å². The number of hydrogen-bond acceptors (Lipinski definition) is 4. The van der Waals surface area contributed by atoms with Gasteiger partial charge in [0.25, 0.3) is 0 Å². The molecule has 1 unspecified atom stereocenters. The third kappa shape index (κ3) is 2.84. The fourth-order valence-corrected chi connectivity index (χ4v) is 5.63. The van der Waals surface area contributed by atoms with Gasteiger partial charge in [0.05, 0.1) is 10.3 Å². The van der Waals surface area contributed by atoms with Gasteiger partial charge in [0.2, 0.25) is 15.9 Å². The molecule has 134 valence electrons. The standard InChI is InChI=1S/C17H19ClN2O4S/c18-13-2-3-15-12(8-13)9-14(10-24-15)25(22,23)20-7-1-4-17(11-20)5-6-19-16(17)21/h2-3,8-9H,1,4-7,10-11H2,(H,19,21). The average Bonchev–Trinajstić information content (AvgIpc) is 2.94. The summed E-state index contributed by atoms with van der Waals surface area (Å²) in [5, 5.41) is 3.36. The van der Waals surface area contributed by atoms with E-state index in [0.717, 1.165) is 6.42 Å². The Bertz CT molecular complexity index is 867. The number of sulfonamides is 1. The molecule has 0 aromatic heterocycles. The zero-order valence-electron chi connectivity index (χ0n) is 13.6. The van der Waals surface area contributed by atoms with Crippen LogP contribution < -0.4 is 10.1 Å². The van der Waals surface area contributed by atoms with Gasteiger partial charge in [-0.2, -0.15) is 4.31 Å². The second-order valence-corrected chi connectivity index (χ2v) is 9.24. The Labute approximate surface area is 151 Å². The largest absolute Gasteiger partial charge is 0.487 e. The third-order valence-corrected chi connectivity index (χ3v) is 7.37. The van der Waals surface area contributed by atoms with Crippen LogP contribution in [-0.4, -0.2) is 44.9 Å². The van der Waals surface area contributed by atoms with Gasteiger partial charge in [0.1, 0.15) is 12.4 Å². The van der Waals surface area contributed by atoms with Crippen LogP contribution >= 0.6 is 11.6 Å². The van der Waals surface area contributed by atoms with E-state index in [9.17, 15) is 13.2 Å². The van der Waals surface area contributed by atoms with E-state index in [1.165, 1.54) is 4.31 Å². The summed E-state index contributed by atoms with van der Waals surface area (Å²) >= 11 is 6.00. The summed E-state index contributed by atoms with van der Waals surface area (Å²) < 4.78 is 33.2. The minimum atomic E-state index is -3.68. The van der Waals surface area contributed by atoms with Crippen LogP contribution in [0.4, 0.5) is 0 Å². The second-order valence-electron chi connectivity index (χ2n) is 6.81. The zero-order chi connectivity index (χ0) is 17.7. The first kappa shape index (κ1) is 16.9. The fraction of sp³-hybridized carbons (Fsp3) is 0.471. The molecule has 0 saturated carbocycles. The highest BCUT2D eigenvalue weighted by molar-refractivity contribution is 7.93. The summed E-state index contributed by atoms with van der Waals surface area (Å²) in [6, 6.07) is 5.13. The van der Waals surface area contributed by atoms with E-state index in [1.54, 1.807) is 24.3 Å². The molecule has 0 bridgehead atoms. The van der Waals surface area contributed by atoms with E-state index in [1.807, 2.05) is 0 Å². The predicted octanol–water partition coefficient (Wildman–Crippen LogP) is 2.01. The first-order valence-corrected chi connectivity index (χ1v) is 10.1. The number of hydrogen-bond donors (Lipinski definition) is 1. The van der Waals surface area contributed by atoms with Crippen molar-refractivity contribution in [2.24, 2.45) is 5.41 Å². The van der Waals surface area contributed by atoms with Crippen LogP contribution in [0.2, 0.25) is 5.02 Å². The SMILES string of the molecule is O=C1NCCC12CCCN(S(=O)(=O)C1=Cc3cc(Cl)ccc3OC1)C2. The molecule has 1 N–H and O–H groups in total. The van der Waals surface area contributed by atoms with Crippen molar-refractivity contribution < 1.29 is 17.9 Å². The first-order chi connectivity index (χ1) is 11.9. The Morgan fingerprint density at radius 2 is 2.12 bits per heavy atom. The van der Waals surface area contributed by atoms with Crippen molar-refractivity contribution in [1.29, 1.82) is 0 Å². The van der Waals surface area contributed by atoms with Gasteiger partial charge in [0.15, 0.2) is 0 Å². The molecular formula is C17H19ClN2O4S. The van der Waals surface area contributed by atoms with Crippen molar-refractivity contribution in [1.82, 2.24) is 9.62 Å². The molecule has 1 atom stereocenters. The van der Waals surface area contributed by atoms with Crippen molar-refractivity contribution in [3.8, 4) is 5.75 Å². The van der Waals surface area contributed by atoms with Crippen molar-refractivity contribution in [2.45, 2.75) is 19.3 Å². The molecule has 3 aliphatic rings. The fourth-order valence-electron chi connectivity index (χ4n) is 3.84. The lowest BCUT2D eigenvalue weighted by molar-refractivity contribution is -0.129. The molecule has 8 heteroatoms. The molecule has 1 spiro atoms. The third-order valence-electron chi connectivity index (χ3n) is 5.24. The molecule has 1 aromatic rings. The van der Waals surface area contributed by atoms with E-state index in [0.29, 0.717) is 42.3 Å². The average molecular weight is 383 g/mol. The Balaban J connectivity index is 1.65. The minimum absolute atomic E-state index is 0.00728. The number of rotatable bonds is 2. The molecule has 2 fully saturated rings. The highest BCUT2D eigenvalue weighted by Gasteiger charge is 2.48. The lowest BCUT2D eigenvalue weighted by Crippen LogP contribution is -2.49. The van der Waals surface area contributed by atoms with Gasteiger partial charge in [-0.25, -0.2) is 8.42 Å². The van der Waals surface area contributed by atoms with E-state index in [4.69, 9.17) is 16.3 Å². The van der Waals surface area contributed by atoms with Gasteiger partial charge < -0.3 is 10.1 Å². The molecule has 0 aliphatic carbocycles. The molecule has 1 aromatic carbocycles. The number of nitrogens with zero attached hydrogens (tertiary/aromatic N) is 1. The van der Waals surface area contributed by atoms with Crippen molar-refractivity contribution in [3.63, 3.8) is 0 Å². The summed E-state index contributed by atoms with van der Waals surface area (Å²) in [7, 11) is -3.68. The molecule has 3 aliphatic heterocycles. The van der Waals surface area contributed by atoms with Crippen LogP contribution in [0.5, 0.6) is 5.75 Å². The molecular weight excluding hydrogens is 364 g/mol. The Morgan fingerprint density at radius 3 is 2.88 bits per heavy atom. The summed E-state index contributed by atoms with van der Waals surface area (Å²) in [6.07, 6.45) is 3.73. The number of carbonyl (C=O) groups excluding carboxylic acids is 1. The summed E-state index contributed by atoms with van der Waals surface area (Å²) in [5.74, 6) is 0.590. The monoisotopic (exact) mass is 382 g/mol. The summed E-state index contributed by atoms with van der Waals surface area (Å²) in [6.45, 7) is 1.27. The minimum Gasteiger partial charge on any atom is -0.487 e. The van der Waals surface area contributed by atoms with Crippen LogP contribution in [-0.2, 0) is 14.8 Å².